The van der Waals surface area contributed by atoms with E-state index < -0.39 is 35.8 Å². The minimum Gasteiger partial charge on any atom is -0.494 e. The monoisotopic (exact) mass is 546 g/mol. The van der Waals surface area contributed by atoms with E-state index in [1.165, 1.54) is 21.1 Å². The minimum atomic E-state index is -1.06. The average Bonchev–Trinajstić information content (AvgIpc) is 3.48. The number of carbonyl (C=O) groups excluding carboxylic acids is 3. The van der Waals surface area contributed by atoms with Crippen LogP contribution in [0.4, 0.5) is 11.4 Å². The number of hydroxylamine groups is 1. The van der Waals surface area contributed by atoms with Gasteiger partial charge in [0.25, 0.3) is 5.91 Å². The lowest BCUT2D eigenvalue weighted by atomic mass is 9.90. The van der Waals surface area contributed by atoms with E-state index in [1.54, 1.807) is 41.5 Å². The third-order valence-corrected chi connectivity index (χ3v) is 6.76. The van der Waals surface area contributed by atoms with Crippen molar-refractivity contribution in [3.8, 4) is 23.0 Å². The second-order valence-electron chi connectivity index (χ2n) is 9.36. The zero-order valence-electron chi connectivity index (χ0n) is 22.7. The fourth-order valence-corrected chi connectivity index (χ4v) is 5.03. The van der Waals surface area contributed by atoms with Crippen molar-refractivity contribution >= 4 is 29.2 Å². The number of para-hydroxylation sites is 1. The van der Waals surface area contributed by atoms with E-state index in [-0.39, 0.29) is 17.2 Å². The quantitative estimate of drug-likeness (QED) is 0.218. The van der Waals surface area contributed by atoms with E-state index in [1.807, 2.05) is 37.3 Å². The van der Waals surface area contributed by atoms with Gasteiger partial charge in [-0.2, -0.15) is 0 Å². The van der Waals surface area contributed by atoms with Crippen LogP contribution in [0.3, 0.4) is 0 Å². The predicted molar refractivity (Wildman–Crippen MR) is 146 cm³/mol. The summed E-state index contributed by atoms with van der Waals surface area (Å²) in [6.07, 6.45) is -0.193. The largest absolute Gasteiger partial charge is 0.494 e. The molecule has 3 aromatic carbocycles. The molecule has 0 aromatic heterocycles. The van der Waals surface area contributed by atoms with E-state index in [0.717, 1.165) is 11.3 Å². The summed E-state index contributed by atoms with van der Waals surface area (Å²) in [5, 5.41) is 1.57. The molecule has 2 aliphatic heterocycles. The van der Waals surface area contributed by atoms with Crippen molar-refractivity contribution in [2.45, 2.75) is 32.4 Å². The molecule has 0 bridgehead atoms. The molecule has 0 N–H and O–H groups in total. The molecule has 2 heterocycles. The van der Waals surface area contributed by atoms with Crippen LogP contribution < -0.4 is 28.9 Å². The molecular weight excluding hydrogens is 516 g/mol. The van der Waals surface area contributed by atoms with Crippen LogP contribution in [-0.4, -0.2) is 44.7 Å². The number of ether oxygens (including phenoxy) is 4. The van der Waals surface area contributed by atoms with Crippen molar-refractivity contribution in [1.82, 2.24) is 0 Å². The van der Waals surface area contributed by atoms with Gasteiger partial charge in [0.1, 0.15) is 11.7 Å². The molecule has 3 atom stereocenters. The summed E-state index contributed by atoms with van der Waals surface area (Å²) in [5.74, 6) is -1.05. The summed E-state index contributed by atoms with van der Waals surface area (Å²) in [5.41, 5.74) is 1.67. The second kappa shape index (κ2) is 11.3. The second-order valence-corrected chi connectivity index (χ2v) is 9.36. The number of esters is 1. The molecule has 40 heavy (non-hydrogen) atoms. The van der Waals surface area contributed by atoms with Crippen LogP contribution in [0.15, 0.2) is 66.7 Å². The molecule has 10 heteroatoms. The van der Waals surface area contributed by atoms with Crippen LogP contribution >= 0.6 is 0 Å². The van der Waals surface area contributed by atoms with Gasteiger partial charge < -0.3 is 18.9 Å². The lowest BCUT2D eigenvalue weighted by Gasteiger charge is -2.29. The molecule has 2 aliphatic rings. The fraction of sp³-hybridized carbons (Fsp3) is 0.300. The Morgan fingerprint density at radius 3 is 2.12 bits per heavy atom. The molecule has 0 radical (unpaired) electrons. The van der Waals surface area contributed by atoms with Gasteiger partial charge in [-0.15, -0.1) is 0 Å². The molecule has 3 aromatic rings. The number of fused-ring (bicyclic) bond motifs is 1. The van der Waals surface area contributed by atoms with Gasteiger partial charge in [0.2, 0.25) is 11.7 Å². The van der Waals surface area contributed by atoms with Gasteiger partial charge >= 0.3 is 5.97 Å². The van der Waals surface area contributed by atoms with E-state index in [2.05, 4.69) is 0 Å². The van der Waals surface area contributed by atoms with E-state index in [9.17, 15) is 14.4 Å². The van der Waals surface area contributed by atoms with Crippen molar-refractivity contribution in [3.05, 3.63) is 72.3 Å². The number of imide groups is 1. The topological polar surface area (TPSA) is 104 Å². The summed E-state index contributed by atoms with van der Waals surface area (Å²) in [4.78, 5) is 46.7. The van der Waals surface area contributed by atoms with Gasteiger partial charge in [0.05, 0.1) is 38.2 Å². The van der Waals surface area contributed by atoms with Crippen LogP contribution in [0.2, 0.25) is 0 Å². The molecule has 208 valence electrons. The molecule has 2 saturated heterocycles. The van der Waals surface area contributed by atoms with Gasteiger partial charge in [-0.1, -0.05) is 25.1 Å². The van der Waals surface area contributed by atoms with Crippen LogP contribution in [-0.2, 0) is 19.2 Å². The minimum absolute atomic E-state index is 0.115. The zero-order valence-corrected chi connectivity index (χ0v) is 22.7. The highest BCUT2D eigenvalue weighted by atomic mass is 16.7. The number of rotatable bonds is 9. The lowest BCUT2D eigenvalue weighted by molar-refractivity contribution is -0.132. The van der Waals surface area contributed by atoms with Crippen LogP contribution in [0, 0.1) is 5.92 Å². The normalized spacial score (nSPS) is 19.9. The maximum atomic E-state index is 14.0. The highest BCUT2D eigenvalue weighted by Gasteiger charge is 2.60. The van der Waals surface area contributed by atoms with Crippen LogP contribution in [0.1, 0.15) is 31.9 Å². The third-order valence-electron chi connectivity index (χ3n) is 6.76. The van der Waals surface area contributed by atoms with Gasteiger partial charge in [0.15, 0.2) is 17.6 Å². The first-order chi connectivity index (χ1) is 19.4. The molecule has 5 rings (SSSR count). The van der Waals surface area contributed by atoms with Gasteiger partial charge in [0, 0.05) is 6.92 Å². The molecule has 0 spiro atoms. The first kappa shape index (κ1) is 27.0. The van der Waals surface area contributed by atoms with Crippen molar-refractivity contribution in [2.24, 2.45) is 5.92 Å². The molecule has 0 saturated carbocycles. The predicted octanol–water partition coefficient (Wildman–Crippen LogP) is 4.47. The van der Waals surface area contributed by atoms with Crippen molar-refractivity contribution in [3.63, 3.8) is 0 Å². The van der Waals surface area contributed by atoms with Crippen LogP contribution in [0.25, 0.3) is 0 Å². The molecular formula is C30H30N2O8. The summed E-state index contributed by atoms with van der Waals surface area (Å²) in [7, 11) is 2.88. The SMILES string of the molecule is CCCOc1ccc(N2C(=O)[C@H]3[C@H](ON(c4ccccc4)[C@H]3c3cc(OC)c(OC(C)=O)c(OC)c3)C2=O)cc1. The van der Waals surface area contributed by atoms with Crippen molar-refractivity contribution < 1.29 is 38.2 Å². The Morgan fingerprint density at radius 1 is 0.900 bits per heavy atom. The Labute approximate surface area is 231 Å². The number of nitrogens with zero attached hydrogens (tertiary/aromatic N) is 2. The number of hydrogen-bond donors (Lipinski definition) is 0. The first-order valence-corrected chi connectivity index (χ1v) is 12.9. The van der Waals surface area contributed by atoms with E-state index in [4.69, 9.17) is 23.8 Å². The smallest absolute Gasteiger partial charge is 0.308 e. The summed E-state index contributed by atoms with van der Waals surface area (Å²) in [6, 6.07) is 18.6. The number of carbonyl (C=O) groups is 3. The number of amides is 2. The summed E-state index contributed by atoms with van der Waals surface area (Å²) >= 11 is 0. The molecule has 0 unspecified atom stereocenters. The number of anilines is 2. The standard InChI is InChI=1S/C30H30N2O8/c1-5-15-38-22-13-11-20(12-14-22)31-29(34)25-26(32(40-28(25)30(31)35)21-9-7-6-8-10-21)19-16-23(36-3)27(39-18(2)33)24(17-19)37-4/h6-14,16-17,25-26,28H,5,15H2,1-4H3/t25-,26+,28+/m1/s1. The van der Waals surface area contributed by atoms with E-state index >= 15 is 0 Å². The third kappa shape index (κ3) is 4.82. The van der Waals surface area contributed by atoms with E-state index in [0.29, 0.717) is 29.3 Å². The Hall–Kier alpha value is -4.57. The van der Waals surface area contributed by atoms with Gasteiger partial charge in [-0.05, 0) is 60.5 Å². The maximum absolute atomic E-state index is 14.0. The highest BCUT2D eigenvalue weighted by Crippen LogP contribution is 2.50. The number of hydrogen-bond acceptors (Lipinski definition) is 9. The van der Waals surface area contributed by atoms with Gasteiger partial charge in [-0.25, -0.2) is 9.96 Å². The number of methoxy groups -OCH3 is 2. The van der Waals surface area contributed by atoms with Crippen LogP contribution in [0.5, 0.6) is 23.0 Å². The zero-order chi connectivity index (χ0) is 28.4. The number of benzene rings is 3. The highest BCUT2D eigenvalue weighted by molar-refractivity contribution is 6.24. The Kier molecular flexibility index (Phi) is 7.61. The Balaban J connectivity index is 1.57. The first-order valence-electron chi connectivity index (χ1n) is 12.9. The maximum Gasteiger partial charge on any atom is 0.308 e. The molecule has 10 nitrogen and oxygen atoms in total. The lowest BCUT2D eigenvalue weighted by Crippen LogP contribution is -2.37. The Bertz CT molecular complexity index is 1380. The van der Waals surface area contributed by atoms with Crippen molar-refractivity contribution in [1.29, 1.82) is 0 Å². The molecule has 2 amide bonds. The van der Waals surface area contributed by atoms with Crippen molar-refractivity contribution in [2.75, 3.05) is 30.8 Å². The fourth-order valence-electron chi connectivity index (χ4n) is 5.03. The van der Waals surface area contributed by atoms with Gasteiger partial charge in [-0.3, -0.25) is 19.2 Å². The summed E-state index contributed by atoms with van der Waals surface area (Å²) in [6.45, 7) is 3.86. The summed E-state index contributed by atoms with van der Waals surface area (Å²) < 4.78 is 22.0. The average molecular weight is 547 g/mol. The Morgan fingerprint density at radius 2 is 1.55 bits per heavy atom. The molecule has 0 aliphatic carbocycles. The molecule has 2 fully saturated rings.